The molecule has 2 rings (SSSR count). The summed E-state index contributed by atoms with van der Waals surface area (Å²) in [6.45, 7) is 0.568. The van der Waals surface area contributed by atoms with Crippen LogP contribution in [0.2, 0.25) is 5.02 Å². The standard InChI is InChI=1S/C13H14ClN5/c1-19(8-9-4-2-3-5-10(9)14)13-11(12(15)16)17-6-7-18-13/h2-7H,8H2,1H3,(H3,15,16). The number of anilines is 1. The van der Waals surface area contributed by atoms with Gasteiger partial charge in [0.1, 0.15) is 11.5 Å². The van der Waals surface area contributed by atoms with E-state index in [1.165, 1.54) is 6.20 Å². The lowest BCUT2D eigenvalue weighted by molar-refractivity contribution is 0.886. The highest BCUT2D eigenvalue weighted by molar-refractivity contribution is 6.31. The third kappa shape index (κ3) is 3.00. The molecule has 3 N–H and O–H groups in total. The summed E-state index contributed by atoms with van der Waals surface area (Å²) >= 11 is 6.13. The second-order valence-corrected chi connectivity index (χ2v) is 4.50. The van der Waals surface area contributed by atoms with E-state index in [9.17, 15) is 0 Å². The van der Waals surface area contributed by atoms with Crippen molar-refractivity contribution < 1.29 is 0 Å². The normalized spacial score (nSPS) is 10.2. The van der Waals surface area contributed by atoms with Gasteiger partial charge in [0, 0.05) is 31.0 Å². The Balaban J connectivity index is 2.28. The van der Waals surface area contributed by atoms with Gasteiger partial charge in [0.25, 0.3) is 0 Å². The fourth-order valence-corrected chi connectivity index (χ4v) is 1.95. The molecule has 6 heteroatoms. The molecule has 19 heavy (non-hydrogen) atoms. The fraction of sp³-hybridized carbons (Fsp3) is 0.154. The smallest absolute Gasteiger partial charge is 0.158 e. The topological polar surface area (TPSA) is 78.9 Å². The maximum atomic E-state index is 7.51. The minimum atomic E-state index is -0.103. The summed E-state index contributed by atoms with van der Waals surface area (Å²) in [4.78, 5) is 10.2. The zero-order valence-electron chi connectivity index (χ0n) is 10.5. The molecule has 1 heterocycles. The van der Waals surface area contributed by atoms with E-state index < -0.39 is 0 Å². The van der Waals surface area contributed by atoms with Crippen LogP contribution in [0.4, 0.5) is 5.82 Å². The van der Waals surface area contributed by atoms with Gasteiger partial charge in [-0.3, -0.25) is 5.41 Å². The van der Waals surface area contributed by atoms with Gasteiger partial charge >= 0.3 is 0 Å². The maximum Gasteiger partial charge on any atom is 0.158 e. The van der Waals surface area contributed by atoms with Crippen LogP contribution in [-0.4, -0.2) is 22.9 Å². The number of nitrogens with one attached hydrogen (secondary N) is 1. The van der Waals surface area contributed by atoms with Crippen molar-refractivity contribution in [3.63, 3.8) is 0 Å². The van der Waals surface area contributed by atoms with Gasteiger partial charge in [-0.2, -0.15) is 0 Å². The second-order valence-electron chi connectivity index (χ2n) is 4.09. The lowest BCUT2D eigenvalue weighted by Crippen LogP contribution is -2.24. The lowest BCUT2D eigenvalue weighted by atomic mass is 10.2. The summed E-state index contributed by atoms with van der Waals surface area (Å²) in [5.41, 5.74) is 6.85. The highest BCUT2D eigenvalue weighted by Crippen LogP contribution is 2.20. The lowest BCUT2D eigenvalue weighted by Gasteiger charge is -2.20. The number of aromatic nitrogens is 2. The quantitative estimate of drug-likeness (QED) is 0.661. The van der Waals surface area contributed by atoms with Crippen LogP contribution < -0.4 is 10.6 Å². The molecular weight excluding hydrogens is 262 g/mol. The molecule has 2 aromatic rings. The molecule has 5 nitrogen and oxygen atoms in total. The SMILES string of the molecule is CN(Cc1ccccc1Cl)c1nccnc1C(=N)N. The predicted octanol–water partition coefficient (Wildman–Crippen LogP) is 2.05. The van der Waals surface area contributed by atoms with E-state index in [-0.39, 0.29) is 5.84 Å². The summed E-state index contributed by atoms with van der Waals surface area (Å²) in [5, 5.41) is 8.21. The minimum absolute atomic E-state index is 0.103. The third-order valence-electron chi connectivity index (χ3n) is 2.66. The van der Waals surface area contributed by atoms with Crippen LogP contribution in [0.15, 0.2) is 36.7 Å². The molecule has 0 aliphatic heterocycles. The molecule has 0 spiro atoms. The second kappa shape index (κ2) is 5.67. The van der Waals surface area contributed by atoms with Crippen molar-refractivity contribution in [3.05, 3.63) is 52.9 Å². The van der Waals surface area contributed by atoms with Gasteiger partial charge in [0.05, 0.1) is 0 Å². The van der Waals surface area contributed by atoms with Crippen LogP contribution in [0.25, 0.3) is 0 Å². The van der Waals surface area contributed by atoms with Gasteiger partial charge < -0.3 is 10.6 Å². The molecule has 1 aromatic heterocycles. The van der Waals surface area contributed by atoms with Crippen molar-refractivity contribution >= 4 is 23.3 Å². The van der Waals surface area contributed by atoms with Gasteiger partial charge in [-0.1, -0.05) is 29.8 Å². The highest BCUT2D eigenvalue weighted by Gasteiger charge is 2.13. The molecule has 0 bridgehead atoms. The van der Waals surface area contributed by atoms with Crippen LogP contribution in [-0.2, 0) is 6.54 Å². The predicted molar refractivity (Wildman–Crippen MR) is 76.6 cm³/mol. The Kier molecular flexibility index (Phi) is 3.97. The Hall–Kier alpha value is -2.14. The van der Waals surface area contributed by atoms with E-state index in [1.54, 1.807) is 6.20 Å². The zero-order valence-corrected chi connectivity index (χ0v) is 11.2. The van der Waals surface area contributed by atoms with Crippen LogP contribution in [0.5, 0.6) is 0 Å². The van der Waals surface area contributed by atoms with E-state index in [0.717, 1.165) is 5.56 Å². The Morgan fingerprint density at radius 3 is 2.68 bits per heavy atom. The molecule has 0 saturated carbocycles. The first kappa shape index (κ1) is 13.3. The number of nitrogens with zero attached hydrogens (tertiary/aromatic N) is 3. The molecule has 0 atom stereocenters. The first-order valence-corrected chi connectivity index (χ1v) is 6.07. The zero-order chi connectivity index (χ0) is 13.8. The van der Waals surface area contributed by atoms with E-state index >= 15 is 0 Å². The number of amidine groups is 1. The van der Waals surface area contributed by atoms with E-state index in [0.29, 0.717) is 23.1 Å². The highest BCUT2D eigenvalue weighted by atomic mass is 35.5. The molecule has 0 unspecified atom stereocenters. The summed E-state index contributed by atoms with van der Waals surface area (Å²) < 4.78 is 0. The molecule has 0 radical (unpaired) electrons. The number of benzene rings is 1. The average molecular weight is 276 g/mol. The number of nitrogens with two attached hydrogens (primary N) is 1. The Bertz CT molecular complexity index is 599. The van der Waals surface area contributed by atoms with Gasteiger partial charge in [0.15, 0.2) is 5.82 Å². The largest absolute Gasteiger partial charge is 0.382 e. The van der Waals surface area contributed by atoms with Crippen molar-refractivity contribution in [1.29, 1.82) is 5.41 Å². The average Bonchev–Trinajstić information content (AvgIpc) is 2.41. The van der Waals surface area contributed by atoms with Gasteiger partial charge in [-0.15, -0.1) is 0 Å². The summed E-state index contributed by atoms with van der Waals surface area (Å²) in [6, 6.07) is 7.60. The van der Waals surface area contributed by atoms with Crippen molar-refractivity contribution in [2.24, 2.45) is 5.73 Å². The monoisotopic (exact) mass is 275 g/mol. The molecule has 98 valence electrons. The van der Waals surface area contributed by atoms with E-state index in [2.05, 4.69) is 9.97 Å². The van der Waals surface area contributed by atoms with Gasteiger partial charge in [0.2, 0.25) is 0 Å². The van der Waals surface area contributed by atoms with Gasteiger partial charge in [-0.05, 0) is 11.6 Å². The molecule has 0 aliphatic carbocycles. The van der Waals surface area contributed by atoms with E-state index in [4.69, 9.17) is 22.7 Å². The molecule has 0 saturated heterocycles. The number of hydrogen-bond donors (Lipinski definition) is 2. The van der Waals surface area contributed by atoms with Crippen molar-refractivity contribution in [1.82, 2.24) is 9.97 Å². The number of hydrogen-bond acceptors (Lipinski definition) is 4. The Labute approximate surface area is 116 Å². The Morgan fingerprint density at radius 1 is 1.32 bits per heavy atom. The maximum absolute atomic E-state index is 7.51. The summed E-state index contributed by atoms with van der Waals surface area (Å²) in [5.74, 6) is 0.462. The summed E-state index contributed by atoms with van der Waals surface area (Å²) in [7, 11) is 1.86. The first-order valence-electron chi connectivity index (χ1n) is 5.69. The minimum Gasteiger partial charge on any atom is -0.382 e. The van der Waals surface area contributed by atoms with Crippen LogP contribution in [0.3, 0.4) is 0 Å². The van der Waals surface area contributed by atoms with Crippen LogP contribution in [0, 0.1) is 5.41 Å². The fourth-order valence-electron chi connectivity index (χ4n) is 1.76. The van der Waals surface area contributed by atoms with Crippen molar-refractivity contribution in [3.8, 4) is 0 Å². The molecular formula is C13H14ClN5. The molecule has 0 aliphatic rings. The molecule has 0 amide bonds. The number of halogens is 1. The van der Waals surface area contributed by atoms with E-state index in [1.807, 2.05) is 36.2 Å². The van der Waals surface area contributed by atoms with Crippen molar-refractivity contribution in [2.75, 3.05) is 11.9 Å². The number of nitrogen functional groups attached to an aromatic ring is 1. The van der Waals surface area contributed by atoms with Gasteiger partial charge in [-0.25, -0.2) is 9.97 Å². The Morgan fingerprint density at radius 2 is 2.00 bits per heavy atom. The van der Waals surface area contributed by atoms with Crippen molar-refractivity contribution in [2.45, 2.75) is 6.54 Å². The third-order valence-corrected chi connectivity index (χ3v) is 3.03. The molecule has 0 fully saturated rings. The van der Waals surface area contributed by atoms with Crippen LogP contribution >= 0.6 is 11.6 Å². The molecule has 1 aromatic carbocycles. The first-order chi connectivity index (χ1) is 9.09. The number of rotatable bonds is 4. The van der Waals surface area contributed by atoms with Crippen LogP contribution in [0.1, 0.15) is 11.3 Å². The summed E-state index contributed by atoms with van der Waals surface area (Å²) in [6.07, 6.45) is 3.09.